The Labute approximate surface area is 129 Å². The van der Waals surface area contributed by atoms with Crippen LogP contribution in [0.5, 0.6) is 0 Å². The summed E-state index contributed by atoms with van der Waals surface area (Å²) in [5.41, 5.74) is 0.846. The Hall–Kier alpha value is -1.95. The number of carbonyl (C=O) groups excluding carboxylic acids is 2. The van der Waals surface area contributed by atoms with Crippen molar-refractivity contribution in [2.75, 3.05) is 13.2 Å². The summed E-state index contributed by atoms with van der Waals surface area (Å²) in [6.07, 6.45) is 5.57. The van der Waals surface area contributed by atoms with Gasteiger partial charge < -0.3 is 15.0 Å². The highest BCUT2D eigenvalue weighted by molar-refractivity contribution is 5.86. The molecule has 2 heterocycles. The Balaban J connectivity index is 1.90. The van der Waals surface area contributed by atoms with E-state index < -0.39 is 6.10 Å². The van der Waals surface area contributed by atoms with Crippen molar-refractivity contribution in [2.24, 2.45) is 0 Å². The van der Waals surface area contributed by atoms with Crippen molar-refractivity contribution >= 4 is 11.8 Å². The van der Waals surface area contributed by atoms with Gasteiger partial charge in [0.15, 0.2) is 6.10 Å². The van der Waals surface area contributed by atoms with Crippen molar-refractivity contribution in [1.29, 1.82) is 0 Å². The van der Waals surface area contributed by atoms with E-state index in [4.69, 9.17) is 4.74 Å². The van der Waals surface area contributed by atoms with Crippen LogP contribution in [-0.2, 0) is 14.3 Å². The zero-order valence-corrected chi connectivity index (χ0v) is 12.7. The number of hydrogen-bond acceptors (Lipinski definition) is 4. The standard InChI is InChI=1S/C16H21N3O3/c1-2-7-18-16(21)15-14(11-4-3-8-17-9-11)19(12-5-6-12)13(20)10-22-15/h3-4,8-9,12,14-15H,2,5-7,10H2,1H3,(H,18,21)/t14-,15+/m1/s1. The summed E-state index contributed by atoms with van der Waals surface area (Å²) in [7, 11) is 0. The SMILES string of the molecule is CCCNC(=O)[C@H]1OCC(=O)N(C2CC2)[C@@H]1c1cccnc1. The monoisotopic (exact) mass is 303 g/mol. The summed E-state index contributed by atoms with van der Waals surface area (Å²) in [5, 5.41) is 2.87. The van der Waals surface area contributed by atoms with E-state index in [1.165, 1.54) is 0 Å². The molecule has 0 unspecified atom stereocenters. The maximum Gasteiger partial charge on any atom is 0.251 e. The number of nitrogens with zero attached hydrogens (tertiary/aromatic N) is 2. The number of morpholine rings is 1. The van der Waals surface area contributed by atoms with Crippen molar-refractivity contribution in [3.63, 3.8) is 0 Å². The molecule has 1 saturated carbocycles. The average Bonchev–Trinajstić information content (AvgIpc) is 3.37. The van der Waals surface area contributed by atoms with Crippen molar-refractivity contribution in [2.45, 2.75) is 44.4 Å². The van der Waals surface area contributed by atoms with Gasteiger partial charge in [-0.2, -0.15) is 0 Å². The molecule has 3 rings (SSSR count). The number of ether oxygens (including phenoxy) is 1. The molecule has 0 bridgehead atoms. The first kappa shape index (κ1) is 15.0. The quantitative estimate of drug-likeness (QED) is 0.882. The fraction of sp³-hybridized carbons (Fsp3) is 0.562. The summed E-state index contributed by atoms with van der Waals surface area (Å²) < 4.78 is 5.59. The zero-order valence-electron chi connectivity index (χ0n) is 12.7. The van der Waals surface area contributed by atoms with Crippen LogP contribution in [0.3, 0.4) is 0 Å². The minimum atomic E-state index is -0.672. The van der Waals surface area contributed by atoms with E-state index in [0.717, 1.165) is 24.8 Å². The molecule has 0 spiro atoms. The molecule has 2 atom stereocenters. The summed E-state index contributed by atoms with van der Waals surface area (Å²) in [5.74, 6) is -0.204. The number of amides is 2. The predicted octanol–water partition coefficient (Wildman–Crippen LogP) is 1.04. The number of nitrogens with one attached hydrogen (secondary N) is 1. The van der Waals surface area contributed by atoms with Gasteiger partial charge in [0.2, 0.25) is 5.91 Å². The second kappa shape index (κ2) is 6.44. The fourth-order valence-corrected chi connectivity index (χ4v) is 2.87. The molecule has 6 heteroatoms. The Morgan fingerprint density at radius 1 is 1.50 bits per heavy atom. The van der Waals surface area contributed by atoms with Crippen molar-refractivity contribution < 1.29 is 14.3 Å². The maximum absolute atomic E-state index is 12.4. The number of pyridine rings is 1. The number of rotatable bonds is 5. The Morgan fingerprint density at radius 2 is 2.32 bits per heavy atom. The lowest BCUT2D eigenvalue weighted by atomic mass is 9.98. The first-order valence-electron chi connectivity index (χ1n) is 7.82. The first-order valence-corrected chi connectivity index (χ1v) is 7.82. The van der Waals surface area contributed by atoms with E-state index in [-0.39, 0.29) is 30.5 Å². The van der Waals surface area contributed by atoms with Crippen molar-refractivity contribution in [1.82, 2.24) is 15.2 Å². The molecular formula is C16H21N3O3. The van der Waals surface area contributed by atoms with Gasteiger partial charge in [-0.3, -0.25) is 14.6 Å². The van der Waals surface area contributed by atoms with E-state index in [1.807, 2.05) is 24.0 Å². The molecular weight excluding hydrogens is 282 g/mol. The van der Waals surface area contributed by atoms with Crippen LogP contribution >= 0.6 is 0 Å². The smallest absolute Gasteiger partial charge is 0.251 e. The summed E-state index contributed by atoms with van der Waals surface area (Å²) >= 11 is 0. The fourth-order valence-electron chi connectivity index (χ4n) is 2.87. The van der Waals surface area contributed by atoms with Crippen LogP contribution in [0.2, 0.25) is 0 Å². The molecule has 1 N–H and O–H groups in total. The molecule has 1 aromatic heterocycles. The third-order valence-electron chi connectivity index (χ3n) is 4.03. The van der Waals surface area contributed by atoms with Gasteiger partial charge in [0.05, 0.1) is 6.04 Å². The molecule has 2 amide bonds. The van der Waals surface area contributed by atoms with Crippen LogP contribution in [-0.4, -0.2) is 47.0 Å². The van der Waals surface area contributed by atoms with Crippen LogP contribution in [0.15, 0.2) is 24.5 Å². The molecule has 1 aromatic rings. The normalized spacial score (nSPS) is 25.1. The Bertz CT molecular complexity index is 545. The summed E-state index contributed by atoms with van der Waals surface area (Å²) in [4.78, 5) is 30.7. The Morgan fingerprint density at radius 3 is 2.95 bits per heavy atom. The lowest BCUT2D eigenvalue weighted by Crippen LogP contribution is -2.55. The third-order valence-corrected chi connectivity index (χ3v) is 4.03. The highest BCUT2D eigenvalue weighted by Gasteiger charge is 2.47. The minimum absolute atomic E-state index is 0.0303. The Kier molecular flexibility index (Phi) is 4.38. The highest BCUT2D eigenvalue weighted by Crippen LogP contribution is 2.39. The molecule has 0 aromatic carbocycles. The molecule has 2 aliphatic rings. The van der Waals surface area contributed by atoms with E-state index in [9.17, 15) is 9.59 Å². The molecule has 0 radical (unpaired) electrons. The topological polar surface area (TPSA) is 71.5 Å². The number of carbonyl (C=O) groups is 2. The lowest BCUT2D eigenvalue weighted by Gasteiger charge is -2.40. The van der Waals surface area contributed by atoms with Crippen LogP contribution < -0.4 is 5.32 Å². The van der Waals surface area contributed by atoms with E-state index in [0.29, 0.717) is 6.54 Å². The maximum atomic E-state index is 12.4. The molecule has 2 fully saturated rings. The van der Waals surface area contributed by atoms with Gasteiger partial charge in [0.25, 0.3) is 5.91 Å². The van der Waals surface area contributed by atoms with Gasteiger partial charge in [-0.15, -0.1) is 0 Å². The molecule has 1 saturated heterocycles. The van der Waals surface area contributed by atoms with Gasteiger partial charge in [0, 0.05) is 25.0 Å². The average molecular weight is 303 g/mol. The van der Waals surface area contributed by atoms with Crippen molar-refractivity contribution in [3.05, 3.63) is 30.1 Å². The highest BCUT2D eigenvalue weighted by atomic mass is 16.5. The van der Waals surface area contributed by atoms with Gasteiger partial charge in [-0.25, -0.2) is 0 Å². The van der Waals surface area contributed by atoms with E-state index in [1.54, 1.807) is 12.4 Å². The number of aromatic nitrogens is 1. The molecule has 22 heavy (non-hydrogen) atoms. The van der Waals surface area contributed by atoms with Gasteiger partial charge in [-0.1, -0.05) is 13.0 Å². The molecule has 118 valence electrons. The van der Waals surface area contributed by atoms with Crippen LogP contribution in [0, 0.1) is 0 Å². The van der Waals surface area contributed by atoms with Crippen LogP contribution in [0.4, 0.5) is 0 Å². The summed E-state index contributed by atoms with van der Waals surface area (Å²) in [6.45, 7) is 2.58. The lowest BCUT2D eigenvalue weighted by molar-refractivity contribution is -0.165. The van der Waals surface area contributed by atoms with Crippen LogP contribution in [0.25, 0.3) is 0 Å². The third kappa shape index (κ3) is 2.97. The van der Waals surface area contributed by atoms with Gasteiger partial charge >= 0.3 is 0 Å². The first-order chi connectivity index (χ1) is 10.7. The molecule has 6 nitrogen and oxygen atoms in total. The largest absolute Gasteiger partial charge is 0.356 e. The second-order valence-corrected chi connectivity index (χ2v) is 5.79. The summed E-state index contributed by atoms with van der Waals surface area (Å²) in [6, 6.07) is 3.55. The van der Waals surface area contributed by atoms with Crippen LogP contribution in [0.1, 0.15) is 37.8 Å². The van der Waals surface area contributed by atoms with Crippen molar-refractivity contribution in [3.8, 4) is 0 Å². The van der Waals surface area contributed by atoms with Gasteiger partial charge in [-0.05, 0) is 30.9 Å². The second-order valence-electron chi connectivity index (χ2n) is 5.79. The predicted molar refractivity (Wildman–Crippen MR) is 79.9 cm³/mol. The van der Waals surface area contributed by atoms with E-state index >= 15 is 0 Å². The molecule has 1 aliphatic heterocycles. The zero-order chi connectivity index (χ0) is 15.5. The number of hydrogen-bond donors (Lipinski definition) is 1. The minimum Gasteiger partial charge on any atom is -0.356 e. The van der Waals surface area contributed by atoms with Gasteiger partial charge in [0.1, 0.15) is 6.61 Å². The van der Waals surface area contributed by atoms with E-state index in [2.05, 4.69) is 10.3 Å². The molecule has 1 aliphatic carbocycles.